The highest BCUT2D eigenvalue weighted by Crippen LogP contribution is 2.22. The summed E-state index contributed by atoms with van der Waals surface area (Å²) in [4.78, 5) is 12.3. The van der Waals surface area contributed by atoms with Crippen molar-refractivity contribution in [2.75, 3.05) is 11.1 Å². The highest BCUT2D eigenvalue weighted by atomic mass is 32.2. The SMILES string of the molecule is CCc1ccccc1NC(=O)CSc1nncn1-c1ccccc1C. The molecule has 0 unspecified atom stereocenters. The molecular weight excluding hydrogens is 332 g/mol. The molecule has 5 nitrogen and oxygen atoms in total. The molecule has 3 rings (SSSR count). The zero-order chi connectivity index (χ0) is 17.6. The number of para-hydroxylation sites is 2. The van der Waals surface area contributed by atoms with Gasteiger partial charge in [-0.05, 0) is 36.6 Å². The summed E-state index contributed by atoms with van der Waals surface area (Å²) in [5.74, 6) is 0.230. The number of hydrogen-bond donors (Lipinski definition) is 1. The molecule has 0 aliphatic rings. The topological polar surface area (TPSA) is 59.8 Å². The second kappa shape index (κ2) is 7.98. The molecule has 0 aliphatic carbocycles. The lowest BCUT2D eigenvalue weighted by Crippen LogP contribution is -2.15. The normalized spacial score (nSPS) is 10.6. The van der Waals surface area contributed by atoms with Gasteiger partial charge in [-0.2, -0.15) is 0 Å². The third kappa shape index (κ3) is 4.09. The average molecular weight is 352 g/mol. The largest absolute Gasteiger partial charge is 0.325 e. The van der Waals surface area contributed by atoms with Crippen molar-refractivity contribution in [3.8, 4) is 5.69 Å². The van der Waals surface area contributed by atoms with Crippen LogP contribution in [0.4, 0.5) is 5.69 Å². The van der Waals surface area contributed by atoms with Crippen molar-refractivity contribution >= 4 is 23.4 Å². The van der Waals surface area contributed by atoms with Crippen LogP contribution in [-0.4, -0.2) is 26.4 Å². The van der Waals surface area contributed by atoms with Gasteiger partial charge in [0.25, 0.3) is 0 Å². The number of rotatable bonds is 6. The first-order valence-electron chi connectivity index (χ1n) is 8.15. The first-order valence-corrected chi connectivity index (χ1v) is 9.14. The van der Waals surface area contributed by atoms with Gasteiger partial charge in [0.15, 0.2) is 5.16 Å². The van der Waals surface area contributed by atoms with Crippen molar-refractivity contribution in [2.45, 2.75) is 25.4 Å². The molecule has 1 aromatic heterocycles. The van der Waals surface area contributed by atoms with E-state index in [1.165, 1.54) is 11.8 Å². The molecule has 0 spiro atoms. The van der Waals surface area contributed by atoms with Crippen LogP contribution in [0.5, 0.6) is 0 Å². The van der Waals surface area contributed by atoms with Gasteiger partial charge in [-0.15, -0.1) is 10.2 Å². The second-order valence-electron chi connectivity index (χ2n) is 5.62. The number of thioether (sulfide) groups is 1. The summed E-state index contributed by atoms with van der Waals surface area (Å²) in [5.41, 5.74) is 4.15. The number of anilines is 1. The van der Waals surface area contributed by atoms with E-state index >= 15 is 0 Å². The Morgan fingerprint density at radius 3 is 2.72 bits per heavy atom. The molecule has 0 saturated heterocycles. The Labute approximate surface area is 151 Å². The van der Waals surface area contributed by atoms with Crippen LogP contribution < -0.4 is 5.32 Å². The molecular formula is C19H20N4OS. The summed E-state index contributed by atoms with van der Waals surface area (Å²) < 4.78 is 1.91. The summed E-state index contributed by atoms with van der Waals surface area (Å²) in [6, 6.07) is 15.9. The number of aryl methyl sites for hydroxylation is 2. The van der Waals surface area contributed by atoms with Gasteiger partial charge in [0.2, 0.25) is 5.91 Å². The second-order valence-corrected chi connectivity index (χ2v) is 6.56. The fourth-order valence-electron chi connectivity index (χ4n) is 2.59. The Balaban J connectivity index is 1.68. The number of nitrogens with one attached hydrogen (secondary N) is 1. The van der Waals surface area contributed by atoms with Crippen molar-refractivity contribution in [1.82, 2.24) is 14.8 Å². The molecule has 25 heavy (non-hydrogen) atoms. The molecule has 6 heteroatoms. The van der Waals surface area contributed by atoms with E-state index in [0.717, 1.165) is 28.9 Å². The first kappa shape index (κ1) is 17.2. The minimum absolute atomic E-state index is 0.0507. The smallest absolute Gasteiger partial charge is 0.234 e. The van der Waals surface area contributed by atoms with Crippen molar-refractivity contribution in [1.29, 1.82) is 0 Å². The minimum Gasteiger partial charge on any atom is -0.325 e. The van der Waals surface area contributed by atoms with E-state index in [4.69, 9.17) is 0 Å². The number of benzene rings is 2. The zero-order valence-electron chi connectivity index (χ0n) is 14.3. The molecule has 0 bridgehead atoms. The molecule has 0 saturated carbocycles. The van der Waals surface area contributed by atoms with Crippen molar-refractivity contribution < 1.29 is 4.79 Å². The lowest BCUT2D eigenvalue weighted by Gasteiger charge is -2.10. The van der Waals surface area contributed by atoms with Crippen LogP contribution in [0, 0.1) is 6.92 Å². The molecule has 0 fully saturated rings. The molecule has 3 aromatic rings. The Kier molecular flexibility index (Phi) is 5.50. The monoisotopic (exact) mass is 352 g/mol. The number of amides is 1. The number of carbonyl (C=O) groups is 1. The van der Waals surface area contributed by atoms with Gasteiger partial charge in [0, 0.05) is 5.69 Å². The van der Waals surface area contributed by atoms with Crippen LogP contribution in [0.25, 0.3) is 5.69 Å². The first-order chi connectivity index (χ1) is 12.2. The number of aromatic nitrogens is 3. The Bertz CT molecular complexity index is 875. The van der Waals surface area contributed by atoms with E-state index < -0.39 is 0 Å². The lowest BCUT2D eigenvalue weighted by atomic mass is 10.1. The molecule has 0 radical (unpaired) electrons. The maximum atomic E-state index is 12.3. The molecule has 1 heterocycles. The van der Waals surface area contributed by atoms with Gasteiger partial charge in [-0.3, -0.25) is 9.36 Å². The predicted molar refractivity (Wildman–Crippen MR) is 101 cm³/mol. The molecule has 1 N–H and O–H groups in total. The van der Waals surface area contributed by atoms with Gasteiger partial charge >= 0.3 is 0 Å². The Morgan fingerprint density at radius 2 is 1.92 bits per heavy atom. The quantitative estimate of drug-likeness (QED) is 0.684. The highest BCUT2D eigenvalue weighted by Gasteiger charge is 2.12. The van der Waals surface area contributed by atoms with E-state index in [2.05, 4.69) is 22.4 Å². The fourth-order valence-corrected chi connectivity index (χ4v) is 3.31. The lowest BCUT2D eigenvalue weighted by molar-refractivity contribution is -0.113. The Hall–Kier alpha value is -2.60. The van der Waals surface area contributed by atoms with E-state index in [1.807, 2.05) is 60.0 Å². The number of hydrogen-bond acceptors (Lipinski definition) is 4. The van der Waals surface area contributed by atoms with E-state index in [1.54, 1.807) is 6.33 Å². The van der Waals surface area contributed by atoms with Gasteiger partial charge in [-0.1, -0.05) is 55.1 Å². The molecule has 1 amide bonds. The van der Waals surface area contributed by atoms with Crippen molar-refractivity contribution in [3.05, 3.63) is 66.0 Å². The third-order valence-corrected chi connectivity index (χ3v) is 4.84. The summed E-state index contributed by atoms with van der Waals surface area (Å²) in [6.07, 6.45) is 2.56. The van der Waals surface area contributed by atoms with Gasteiger partial charge in [0.1, 0.15) is 6.33 Å². The highest BCUT2D eigenvalue weighted by molar-refractivity contribution is 7.99. The maximum Gasteiger partial charge on any atom is 0.234 e. The summed E-state index contributed by atoms with van der Waals surface area (Å²) in [7, 11) is 0. The summed E-state index contributed by atoms with van der Waals surface area (Å²) in [6.45, 7) is 4.11. The standard InChI is InChI=1S/C19H20N4OS/c1-3-15-9-5-6-10-16(15)21-18(24)12-25-19-22-20-13-23(19)17-11-7-4-8-14(17)2/h4-11,13H,3,12H2,1-2H3,(H,21,24). The number of nitrogens with zero attached hydrogens (tertiary/aromatic N) is 3. The maximum absolute atomic E-state index is 12.3. The van der Waals surface area contributed by atoms with Crippen LogP contribution in [0.2, 0.25) is 0 Å². The van der Waals surface area contributed by atoms with Gasteiger partial charge < -0.3 is 5.32 Å². The Morgan fingerprint density at radius 1 is 1.16 bits per heavy atom. The predicted octanol–water partition coefficient (Wildman–Crippen LogP) is 3.87. The van der Waals surface area contributed by atoms with Crippen LogP contribution >= 0.6 is 11.8 Å². The van der Waals surface area contributed by atoms with Crippen LogP contribution in [0.1, 0.15) is 18.1 Å². The van der Waals surface area contributed by atoms with Crippen LogP contribution in [-0.2, 0) is 11.2 Å². The molecule has 128 valence electrons. The van der Waals surface area contributed by atoms with E-state index in [0.29, 0.717) is 5.16 Å². The van der Waals surface area contributed by atoms with Crippen LogP contribution in [0.15, 0.2) is 60.0 Å². The third-order valence-electron chi connectivity index (χ3n) is 3.90. The van der Waals surface area contributed by atoms with Gasteiger partial charge in [-0.25, -0.2) is 0 Å². The summed E-state index contributed by atoms with van der Waals surface area (Å²) >= 11 is 1.38. The zero-order valence-corrected chi connectivity index (χ0v) is 15.1. The van der Waals surface area contributed by atoms with Gasteiger partial charge in [0.05, 0.1) is 11.4 Å². The number of carbonyl (C=O) groups excluding carboxylic acids is 1. The van der Waals surface area contributed by atoms with Crippen LogP contribution in [0.3, 0.4) is 0 Å². The minimum atomic E-state index is -0.0507. The van der Waals surface area contributed by atoms with Crippen molar-refractivity contribution in [2.24, 2.45) is 0 Å². The van der Waals surface area contributed by atoms with E-state index in [9.17, 15) is 4.79 Å². The molecule has 0 atom stereocenters. The molecule has 0 aliphatic heterocycles. The van der Waals surface area contributed by atoms with E-state index in [-0.39, 0.29) is 11.7 Å². The van der Waals surface area contributed by atoms with Crippen molar-refractivity contribution in [3.63, 3.8) is 0 Å². The molecule has 2 aromatic carbocycles. The summed E-state index contributed by atoms with van der Waals surface area (Å²) in [5, 5.41) is 11.8. The average Bonchev–Trinajstić information content (AvgIpc) is 3.09. The fraction of sp³-hybridized carbons (Fsp3) is 0.211.